The SMILES string of the molecule is BrCC1CSc2c3ncnc-3ncn21. The van der Waals surface area contributed by atoms with Gasteiger partial charge in [0.25, 0.3) is 0 Å². The molecule has 0 saturated heterocycles. The predicted molar refractivity (Wildman–Crippen MR) is 58.0 cm³/mol. The van der Waals surface area contributed by atoms with Gasteiger partial charge >= 0.3 is 0 Å². The zero-order chi connectivity index (χ0) is 9.54. The number of fused-ring (bicyclic) bond motifs is 3. The zero-order valence-electron chi connectivity index (χ0n) is 7.22. The fraction of sp³-hybridized carbons (Fsp3) is 0.375. The van der Waals surface area contributed by atoms with E-state index in [1.165, 1.54) is 5.03 Å². The summed E-state index contributed by atoms with van der Waals surface area (Å²) >= 11 is 5.33. The van der Waals surface area contributed by atoms with Gasteiger partial charge < -0.3 is 4.57 Å². The van der Waals surface area contributed by atoms with E-state index in [2.05, 4.69) is 35.4 Å². The van der Waals surface area contributed by atoms with Gasteiger partial charge in [-0.1, -0.05) is 15.9 Å². The maximum atomic E-state index is 4.27. The van der Waals surface area contributed by atoms with Gasteiger partial charge in [-0.3, -0.25) is 0 Å². The van der Waals surface area contributed by atoms with Crippen molar-refractivity contribution in [3.8, 4) is 11.5 Å². The van der Waals surface area contributed by atoms with Gasteiger partial charge in [0.05, 0.1) is 12.4 Å². The summed E-state index contributed by atoms with van der Waals surface area (Å²) in [5, 5.41) is 2.15. The highest BCUT2D eigenvalue weighted by Gasteiger charge is 2.26. The monoisotopic (exact) mass is 270 g/mol. The molecule has 3 heterocycles. The zero-order valence-corrected chi connectivity index (χ0v) is 9.62. The van der Waals surface area contributed by atoms with Crippen LogP contribution in [0.5, 0.6) is 0 Å². The topological polar surface area (TPSA) is 43.6 Å². The lowest BCUT2D eigenvalue weighted by Gasteiger charge is -2.11. The van der Waals surface area contributed by atoms with E-state index in [0.717, 1.165) is 22.6 Å². The van der Waals surface area contributed by atoms with E-state index in [0.29, 0.717) is 6.04 Å². The molecule has 6 heteroatoms. The van der Waals surface area contributed by atoms with E-state index in [1.54, 1.807) is 6.33 Å². The number of halogens is 1. The lowest BCUT2D eigenvalue weighted by Crippen LogP contribution is -2.10. The summed E-state index contributed by atoms with van der Waals surface area (Å²) < 4.78 is 2.18. The Bertz CT molecular complexity index is 443. The highest BCUT2D eigenvalue weighted by Crippen LogP contribution is 2.38. The number of hydrogen-bond acceptors (Lipinski definition) is 4. The van der Waals surface area contributed by atoms with Gasteiger partial charge in [0.2, 0.25) is 0 Å². The van der Waals surface area contributed by atoms with E-state index >= 15 is 0 Å². The minimum Gasteiger partial charge on any atom is -0.320 e. The van der Waals surface area contributed by atoms with Gasteiger partial charge in [-0.05, 0) is 0 Å². The Kier molecular flexibility index (Phi) is 1.98. The Labute approximate surface area is 93.6 Å². The number of thioether (sulfide) groups is 1. The van der Waals surface area contributed by atoms with Crippen LogP contribution in [0.4, 0.5) is 0 Å². The molecule has 3 aliphatic heterocycles. The molecule has 0 N–H and O–H groups in total. The second-order valence-corrected chi connectivity index (χ2v) is 4.78. The molecule has 0 saturated carbocycles. The summed E-state index contributed by atoms with van der Waals surface area (Å²) in [7, 11) is 0. The fourth-order valence-corrected chi connectivity index (χ4v) is 3.67. The number of alkyl halides is 1. The molecule has 72 valence electrons. The molecule has 4 nitrogen and oxygen atoms in total. The largest absolute Gasteiger partial charge is 0.320 e. The van der Waals surface area contributed by atoms with Crippen molar-refractivity contribution in [3.05, 3.63) is 12.7 Å². The summed E-state index contributed by atoms with van der Waals surface area (Å²) in [5.74, 6) is 1.83. The molecule has 1 atom stereocenters. The maximum Gasteiger partial charge on any atom is 0.183 e. The van der Waals surface area contributed by atoms with Gasteiger partial charge in [0.1, 0.15) is 17.0 Å². The van der Waals surface area contributed by atoms with Gasteiger partial charge in [-0.15, -0.1) is 11.8 Å². The smallest absolute Gasteiger partial charge is 0.183 e. The minimum atomic E-state index is 0.489. The summed E-state index contributed by atoms with van der Waals surface area (Å²) in [5.41, 5.74) is 0.931. The van der Waals surface area contributed by atoms with Crippen LogP contribution in [0.2, 0.25) is 0 Å². The van der Waals surface area contributed by atoms with Crippen LogP contribution in [0.3, 0.4) is 0 Å². The molecular formula is C8H7BrN4S. The van der Waals surface area contributed by atoms with E-state index in [1.807, 2.05) is 18.1 Å². The van der Waals surface area contributed by atoms with Crippen LogP contribution in [0.1, 0.15) is 6.04 Å². The third-order valence-corrected chi connectivity index (χ3v) is 4.28. The summed E-state index contributed by atoms with van der Waals surface area (Å²) in [4.78, 5) is 12.6. The van der Waals surface area contributed by atoms with Crippen LogP contribution in [-0.2, 0) is 0 Å². The number of hydrogen-bond donors (Lipinski definition) is 0. The first-order valence-electron chi connectivity index (χ1n) is 4.26. The average Bonchev–Trinajstić information content (AvgIpc) is 2.82. The molecule has 0 radical (unpaired) electrons. The predicted octanol–water partition coefficient (Wildman–Crippen LogP) is 1.82. The Morgan fingerprint density at radius 3 is 3.29 bits per heavy atom. The summed E-state index contributed by atoms with van der Waals surface area (Å²) in [6.07, 6.45) is 3.43. The second kappa shape index (κ2) is 3.20. The Hall–Kier alpha value is -0.620. The molecule has 14 heavy (non-hydrogen) atoms. The van der Waals surface area contributed by atoms with Crippen molar-refractivity contribution < 1.29 is 0 Å². The van der Waals surface area contributed by atoms with E-state index < -0.39 is 0 Å². The maximum absolute atomic E-state index is 4.27. The van der Waals surface area contributed by atoms with Crippen LogP contribution in [0, 0.1) is 0 Å². The Morgan fingerprint density at radius 1 is 1.50 bits per heavy atom. The van der Waals surface area contributed by atoms with Gasteiger partial charge in [0.15, 0.2) is 5.82 Å². The molecule has 0 amide bonds. The molecule has 0 aromatic rings. The van der Waals surface area contributed by atoms with Crippen molar-refractivity contribution in [1.29, 1.82) is 0 Å². The third kappa shape index (κ3) is 1.10. The van der Waals surface area contributed by atoms with Crippen molar-refractivity contribution in [2.24, 2.45) is 0 Å². The second-order valence-electron chi connectivity index (χ2n) is 3.12. The molecule has 3 aliphatic rings. The van der Waals surface area contributed by atoms with Gasteiger partial charge in [0, 0.05) is 11.1 Å². The number of nitrogens with zero attached hydrogens (tertiary/aromatic N) is 4. The van der Waals surface area contributed by atoms with Crippen molar-refractivity contribution in [2.45, 2.75) is 11.1 Å². The lowest BCUT2D eigenvalue weighted by atomic mass is 10.3. The highest BCUT2D eigenvalue weighted by atomic mass is 79.9. The lowest BCUT2D eigenvalue weighted by molar-refractivity contribution is 0.581. The molecule has 1 unspecified atom stereocenters. The average molecular weight is 271 g/mol. The van der Waals surface area contributed by atoms with E-state index in [9.17, 15) is 0 Å². The molecule has 0 fully saturated rings. The first kappa shape index (κ1) is 8.67. The number of imidazole rings is 1. The van der Waals surface area contributed by atoms with Crippen molar-refractivity contribution in [3.63, 3.8) is 0 Å². The molecule has 0 aliphatic carbocycles. The van der Waals surface area contributed by atoms with Crippen molar-refractivity contribution >= 4 is 27.7 Å². The number of aromatic nitrogens is 4. The summed E-state index contributed by atoms with van der Waals surface area (Å²) in [6.45, 7) is 0. The van der Waals surface area contributed by atoms with Crippen molar-refractivity contribution in [2.75, 3.05) is 11.1 Å². The van der Waals surface area contributed by atoms with E-state index in [4.69, 9.17) is 0 Å². The first-order chi connectivity index (χ1) is 6.90. The molecule has 0 spiro atoms. The van der Waals surface area contributed by atoms with Crippen LogP contribution in [0.25, 0.3) is 11.5 Å². The Balaban J connectivity index is 2.22. The Morgan fingerprint density at radius 2 is 2.43 bits per heavy atom. The molecule has 0 bridgehead atoms. The van der Waals surface area contributed by atoms with Crippen LogP contribution in [0.15, 0.2) is 17.7 Å². The van der Waals surface area contributed by atoms with E-state index in [-0.39, 0.29) is 0 Å². The normalized spacial score (nSPS) is 20.2. The quantitative estimate of drug-likeness (QED) is 0.586. The minimum absolute atomic E-state index is 0.489. The first-order valence-corrected chi connectivity index (χ1v) is 6.37. The molecular weight excluding hydrogens is 264 g/mol. The summed E-state index contributed by atoms with van der Waals surface area (Å²) in [6, 6.07) is 0.489. The number of rotatable bonds is 1. The molecule has 0 aromatic heterocycles. The van der Waals surface area contributed by atoms with Gasteiger partial charge in [-0.25, -0.2) is 15.0 Å². The van der Waals surface area contributed by atoms with Crippen molar-refractivity contribution in [1.82, 2.24) is 19.5 Å². The van der Waals surface area contributed by atoms with Crippen LogP contribution < -0.4 is 0 Å². The standard InChI is InChI=1S/C8H7BrN4S/c9-1-5-2-14-8-6-7(11-3-10-6)12-4-13(5)8/h3-5H,1-2H2. The molecule has 0 aromatic carbocycles. The van der Waals surface area contributed by atoms with Crippen LogP contribution in [-0.4, -0.2) is 30.6 Å². The van der Waals surface area contributed by atoms with Gasteiger partial charge in [-0.2, -0.15) is 0 Å². The highest BCUT2D eigenvalue weighted by molar-refractivity contribution is 9.09. The van der Waals surface area contributed by atoms with Crippen LogP contribution >= 0.6 is 27.7 Å². The fourth-order valence-electron chi connectivity index (χ4n) is 1.57. The third-order valence-electron chi connectivity index (χ3n) is 2.30. The molecule has 3 rings (SSSR count).